The SMILES string of the molecule is CC(=O)N1C=CC(N(C)C)=CC1. The summed E-state index contributed by atoms with van der Waals surface area (Å²) in [7, 11) is 3.97. The van der Waals surface area contributed by atoms with Crippen molar-refractivity contribution >= 4 is 5.91 Å². The molecule has 0 bridgehead atoms. The first-order chi connectivity index (χ1) is 5.61. The molecule has 1 rings (SSSR count). The highest BCUT2D eigenvalue weighted by Crippen LogP contribution is 2.08. The standard InChI is InChI=1S/C9H14N2O/c1-8(12)11-6-4-9(5-7-11)10(2)3/h4-6H,7H2,1-3H3. The second-order valence-corrected chi connectivity index (χ2v) is 3.01. The Morgan fingerprint density at radius 1 is 1.58 bits per heavy atom. The van der Waals surface area contributed by atoms with Crippen molar-refractivity contribution in [2.75, 3.05) is 20.6 Å². The van der Waals surface area contributed by atoms with Crippen LogP contribution < -0.4 is 0 Å². The molecular formula is C9H14N2O. The molecule has 66 valence electrons. The monoisotopic (exact) mass is 166 g/mol. The number of carbonyl (C=O) groups is 1. The van der Waals surface area contributed by atoms with Gasteiger partial charge in [0.25, 0.3) is 0 Å². The molecule has 0 aromatic rings. The minimum atomic E-state index is 0.0836. The average Bonchev–Trinajstić information content (AvgIpc) is 2.04. The zero-order chi connectivity index (χ0) is 9.14. The molecule has 12 heavy (non-hydrogen) atoms. The molecule has 0 aromatic heterocycles. The fourth-order valence-corrected chi connectivity index (χ4v) is 1.05. The summed E-state index contributed by atoms with van der Waals surface area (Å²) in [6, 6.07) is 0. The van der Waals surface area contributed by atoms with Gasteiger partial charge in [0.2, 0.25) is 5.91 Å². The van der Waals surface area contributed by atoms with E-state index in [0.717, 1.165) is 5.70 Å². The molecule has 0 spiro atoms. The van der Waals surface area contributed by atoms with Gasteiger partial charge in [-0.15, -0.1) is 0 Å². The lowest BCUT2D eigenvalue weighted by Gasteiger charge is -2.22. The summed E-state index contributed by atoms with van der Waals surface area (Å²) < 4.78 is 0. The molecule has 3 nitrogen and oxygen atoms in total. The lowest BCUT2D eigenvalue weighted by Crippen LogP contribution is -2.26. The smallest absolute Gasteiger partial charge is 0.223 e. The van der Waals surface area contributed by atoms with Crippen LogP contribution in [0.2, 0.25) is 0 Å². The van der Waals surface area contributed by atoms with Crippen LogP contribution in [-0.4, -0.2) is 36.3 Å². The summed E-state index contributed by atoms with van der Waals surface area (Å²) in [5.41, 5.74) is 1.15. The van der Waals surface area contributed by atoms with Gasteiger partial charge in [-0.1, -0.05) is 0 Å². The van der Waals surface area contributed by atoms with Crippen molar-refractivity contribution in [3.63, 3.8) is 0 Å². The number of nitrogens with zero attached hydrogens (tertiary/aromatic N) is 2. The van der Waals surface area contributed by atoms with E-state index in [1.807, 2.05) is 37.3 Å². The van der Waals surface area contributed by atoms with E-state index >= 15 is 0 Å². The van der Waals surface area contributed by atoms with E-state index in [9.17, 15) is 4.79 Å². The van der Waals surface area contributed by atoms with Gasteiger partial charge >= 0.3 is 0 Å². The predicted octanol–water partition coefficient (Wildman–Crippen LogP) is 0.808. The molecule has 0 fully saturated rings. The number of likely N-dealkylation sites (N-methyl/N-ethyl adjacent to an activating group) is 1. The third-order valence-electron chi connectivity index (χ3n) is 1.84. The lowest BCUT2D eigenvalue weighted by molar-refractivity contribution is -0.125. The summed E-state index contributed by atoms with van der Waals surface area (Å²) in [4.78, 5) is 14.6. The lowest BCUT2D eigenvalue weighted by atomic mass is 10.3. The summed E-state index contributed by atoms with van der Waals surface area (Å²) in [5, 5.41) is 0. The van der Waals surface area contributed by atoms with Crippen LogP contribution in [0.25, 0.3) is 0 Å². The maximum Gasteiger partial charge on any atom is 0.223 e. The molecule has 3 heteroatoms. The number of hydrogen-bond donors (Lipinski definition) is 0. The van der Waals surface area contributed by atoms with Gasteiger partial charge in [-0.25, -0.2) is 0 Å². The fourth-order valence-electron chi connectivity index (χ4n) is 1.05. The van der Waals surface area contributed by atoms with Crippen molar-refractivity contribution in [1.29, 1.82) is 0 Å². The van der Waals surface area contributed by atoms with E-state index in [-0.39, 0.29) is 5.91 Å². The number of carbonyl (C=O) groups excluding carboxylic acids is 1. The van der Waals surface area contributed by atoms with Gasteiger partial charge < -0.3 is 9.80 Å². The van der Waals surface area contributed by atoms with Crippen LogP contribution in [-0.2, 0) is 4.79 Å². The van der Waals surface area contributed by atoms with E-state index in [2.05, 4.69) is 0 Å². The molecule has 0 unspecified atom stereocenters. The second-order valence-electron chi connectivity index (χ2n) is 3.01. The van der Waals surface area contributed by atoms with Crippen LogP contribution in [0, 0.1) is 0 Å². The van der Waals surface area contributed by atoms with Crippen LogP contribution in [0.3, 0.4) is 0 Å². The predicted molar refractivity (Wildman–Crippen MR) is 48.3 cm³/mol. The number of hydrogen-bond acceptors (Lipinski definition) is 2. The van der Waals surface area contributed by atoms with Gasteiger partial charge in [-0.3, -0.25) is 4.79 Å². The van der Waals surface area contributed by atoms with Crippen LogP contribution in [0.5, 0.6) is 0 Å². The zero-order valence-electron chi connectivity index (χ0n) is 7.74. The highest BCUT2D eigenvalue weighted by molar-refractivity contribution is 5.74. The Kier molecular flexibility index (Phi) is 2.53. The maximum atomic E-state index is 10.9. The zero-order valence-corrected chi connectivity index (χ0v) is 7.74. The summed E-state index contributed by atoms with van der Waals surface area (Å²) >= 11 is 0. The van der Waals surface area contributed by atoms with Crippen molar-refractivity contribution in [1.82, 2.24) is 9.80 Å². The van der Waals surface area contributed by atoms with Crippen molar-refractivity contribution in [2.45, 2.75) is 6.92 Å². The minimum absolute atomic E-state index is 0.0836. The Balaban J connectivity index is 2.61. The molecule has 0 aliphatic carbocycles. The van der Waals surface area contributed by atoms with Crippen molar-refractivity contribution < 1.29 is 4.79 Å². The fraction of sp³-hybridized carbons (Fsp3) is 0.444. The van der Waals surface area contributed by atoms with E-state index < -0.39 is 0 Å². The third-order valence-corrected chi connectivity index (χ3v) is 1.84. The van der Waals surface area contributed by atoms with Crippen molar-refractivity contribution in [3.05, 3.63) is 24.0 Å². The van der Waals surface area contributed by atoms with Gasteiger partial charge in [0.1, 0.15) is 0 Å². The molecule has 0 aromatic carbocycles. The molecule has 0 radical (unpaired) electrons. The van der Waals surface area contributed by atoms with Crippen molar-refractivity contribution in [2.24, 2.45) is 0 Å². The molecule has 1 heterocycles. The minimum Gasteiger partial charge on any atom is -0.378 e. The summed E-state index contributed by atoms with van der Waals surface area (Å²) in [6.45, 7) is 2.25. The summed E-state index contributed by atoms with van der Waals surface area (Å²) in [6.07, 6.45) is 5.78. The highest BCUT2D eigenvalue weighted by atomic mass is 16.2. The van der Waals surface area contributed by atoms with Crippen molar-refractivity contribution in [3.8, 4) is 0 Å². The van der Waals surface area contributed by atoms with Crippen LogP contribution in [0.15, 0.2) is 24.0 Å². The Morgan fingerprint density at radius 3 is 2.58 bits per heavy atom. The van der Waals surface area contributed by atoms with Crippen LogP contribution in [0.4, 0.5) is 0 Å². The van der Waals surface area contributed by atoms with E-state index in [1.54, 1.807) is 11.8 Å². The first kappa shape index (κ1) is 8.84. The largest absolute Gasteiger partial charge is 0.378 e. The Labute approximate surface area is 73.0 Å². The van der Waals surface area contributed by atoms with Gasteiger partial charge in [0.05, 0.1) is 0 Å². The van der Waals surface area contributed by atoms with Gasteiger partial charge in [0.15, 0.2) is 0 Å². The number of amides is 1. The molecule has 0 saturated carbocycles. The second kappa shape index (κ2) is 3.43. The quantitative estimate of drug-likeness (QED) is 0.575. The average molecular weight is 166 g/mol. The first-order valence-electron chi connectivity index (χ1n) is 3.94. The molecule has 0 N–H and O–H groups in total. The first-order valence-corrected chi connectivity index (χ1v) is 3.94. The van der Waals surface area contributed by atoms with Gasteiger partial charge in [-0.2, -0.15) is 0 Å². The topological polar surface area (TPSA) is 23.6 Å². The Bertz CT molecular complexity index is 241. The van der Waals surface area contributed by atoms with Crippen LogP contribution in [0.1, 0.15) is 6.92 Å². The Morgan fingerprint density at radius 2 is 2.25 bits per heavy atom. The van der Waals surface area contributed by atoms with Gasteiger partial charge in [-0.05, 0) is 12.2 Å². The summed E-state index contributed by atoms with van der Waals surface area (Å²) in [5.74, 6) is 0.0836. The molecule has 1 amide bonds. The number of rotatable bonds is 1. The van der Waals surface area contributed by atoms with Gasteiger partial charge in [0, 0.05) is 39.5 Å². The maximum absolute atomic E-state index is 10.9. The molecule has 1 aliphatic heterocycles. The highest BCUT2D eigenvalue weighted by Gasteiger charge is 2.08. The third kappa shape index (κ3) is 1.87. The molecule has 1 aliphatic rings. The van der Waals surface area contributed by atoms with E-state index in [0.29, 0.717) is 6.54 Å². The number of allylic oxidation sites excluding steroid dienone is 1. The Hall–Kier alpha value is -1.25. The molecule has 0 saturated heterocycles. The molecular weight excluding hydrogens is 152 g/mol. The van der Waals surface area contributed by atoms with E-state index in [1.165, 1.54) is 0 Å². The normalized spacial score (nSPS) is 15.9. The molecule has 0 atom stereocenters. The van der Waals surface area contributed by atoms with Crippen LogP contribution >= 0.6 is 0 Å². The van der Waals surface area contributed by atoms with E-state index in [4.69, 9.17) is 0 Å².